The quantitative estimate of drug-likeness (QED) is 0.486. The van der Waals surface area contributed by atoms with Gasteiger partial charge in [0.1, 0.15) is 0 Å². The summed E-state index contributed by atoms with van der Waals surface area (Å²) in [5, 5.41) is 0. The number of hydrogen-bond donors (Lipinski definition) is 0. The van der Waals surface area contributed by atoms with E-state index in [9.17, 15) is 9.59 Å². The van der Waals surface area contributed by atoms with Gasteiger partial charge in [0.2, 0.25) is 0 Å². The lowest BCUT2D eigenvalue weighted by atomic mass is 10.1. The molecule has 0 spiro atoms. The monoisotopic (exact) mass is 506 g/mol. The maximum absolute atomic E-state index is 12.3. The lowest BCUT2D eigenvalue weighted by molar-refractivity contribution is 0.0885. The molecule has 3 rings (SSSR count). The minimum atomic E-state index is 0.190. The first-order chi connectivity index (χ1) is 13.5. The first kappa shape index (κ1) is 21.4. The second kappa shape index (κ2) is 10.4. The molecule has 6 heteroatoms. The highest BCUT2D eigenvalue weighted by Gasteiger charge is 2.18. The summed E-state index contributed by atoms with van der Waals surface area (Å²) in [5.41, 5.74) is 1.54. The summed E-state index contributed by atoms with van der Waals surface area (Å²) in [6, 6.07) is 15.1. The van der Waals surface area contributed by atoms with Crippen molar-refractivity contribution >= 4 is 43.4 Å². The number of halogens is 2. The maximum Gasteiger partial charge on any atom is 0.164 e. The number of ketones is 2. The zero-order valence-electron chi connectivity index (χ0n) is 15.7. The van der Waals surface area contributed by atoms with Gasteiger partial charge in [0.25, 0.3) is 0 Å². The zero-order chi connectivity index (χ0) is 19.9. The Bertz CT molecular complexity index is 729. The Hall–Kier alpha value is -1.34. The third-order valence-corrected chi connectivity index (χ3v) is 6.16. The molecule has 148 valence electrons. The van der Waals surface area contributed by atoms with E-state index in [1.807, 2.05) is 48.5 Å². The Morgan fingerprint density at radius 3 is 1.29 bits per heavy atom. The van der Waals surface area contributed by atoms with Crippen LogP contribution in [0.15, 0.2) is 57.5 Å². The number of carbonyl (C=O) groups excluding carboxylic acids is 2. The van der Waals surface area contributed by atoms with Crippen LogP contribution in [0.1, 0.15) is 33.6 Å². The Balaban J connectivity index is 1.36. The minimum Gasteiger partial charge on any atom is -0.300 e. The predicted molar refractivity (Wildman–Crippen MR) is 119 cm³/mol. The van der Waals surface area contributed by atoms with Crippen molar-refractivity contribution in [2.75, 3.05) is 39.3 Å². The van der Waals surface area contributed by atoms with Crippen LogP contribution < -0.4 is 0 Å². The second-order valence-electron chi connectivity index (χ2n) is 7.04. The summed E-state index contributed by atoms with van der Waals surface area (Å²) >= 11 is 6.78. The van der Waals surface area contributed by atoms with E-state index in [0.29, 0.717) is 12.8 Å². The maximum atomic E-state index is 12.3. The number of hydrogen-bond acceptors (Lipinski definition) is 4. The van der Waals surface area contributed by atoms with Crippen molar-refractivity contribution in [3.63, 3.8) is 0 Å². The molecule has 1 fully saturated rings. The first-order valence-electron chi connectivity index (χ1n) is 9.53. The van der Waals surface area contributed by atoms with Crippen molar-refractivity contribution in [2.45, 2.75) is 12.8 Å². The van der Waals surface area contributed by atoms with Crippen LogP contribution in [0, 0.1) is 0 Å². The van der Waals surface area contributed by atoms with Crippen molar-refractivity contribution in [3.8, 4) is 0 Å². The average molecular weight is 508 g/mol. The Kier molecular flexibility index (Phi) is 7.97. The van der Waals surface area contributed by atoms with Gasteiger partial charge < -0.3 is 9.80 Å². The van der Waals surface area contributed by atoms with E-state index in [1.165, 1.54) is 0 Å². The van der Waals surface area contributed by atoms with Gasteiger partial charge in [-0.2, -0.15) is 0 Å². The highest BCUT2D eigenvalue weighted by molar-refractivity contribution is 9.10. The van der Waals surface area contributed by atoms with E-state index in [0.717, 1.165) is 59.3 Å². The van der Waals surface area contributed by atoms with Gasteiger partial charge in [0.05, 0.1) is 0 Å². The van der Waals surface area contributed by atoms with Crippen LogP contribution >= 0.6 is 31.9 Å². The molecule has 28 heavy (non-hydrogen) atoms. The van der Waals surface area contributed by atoms with E-state index in [2.05, 4.69) is 41.7 Å². The number of Topliss-reactive ketones (excluding diaryl/α,β-unsaturated/α-hetero) is 2. The summed E-state index contributed by atoms with van der Waals surface area (Å²) in [5.74, 6) is 0.380. The largest absolute Gasteiger partial charge is 0.300 e. The normalized spacial score (nSPS) is 15.5. The third kappa shape index (κ3) is 6.34. The Labute approximate surface area is 183 Å². The minimum absolute atomic E-state index is 0.190. The summed E-state index contributed by atoms with van der Waals surface area (Å²) < 4.78 is 1.97. The molecule has 0 aromatic heterocycles. The lowest BCUT2D eigenvalue weighted by Gasteiger charge is -2.34. The van der Waals surface area contributed by atoms with Gasteiger partial charge in [0, 0.05) is 72.2 Å². The SMILES string of the molecule is O=C(CCN1CCN(CCC(=O)c2ccc(Br)cc2)CC1)c1ccc(Br)cc1. The molecule has 1 heterocycles. The fourth-order valence-corrected chi connectivity index (χ4v) is 3.84. The molecule has 2 aromatic rings. The summed E-state index contributed by atoms with van der Waals surface area (Å²) in [4.78, 5) is 29.3. The molecule has 0 atom stereocenters. The summed E-state index contributed by atoms with van der Waals surface area (Å²) in [6.45, 7) is 5.36. The number of benzene rings is 2. The van der Waals surface area contributed by atoms with Crippen LogP contribution in [0.5, 0.6) is 0 Å². The molecule has 2 aromatic carbocycles. The summed E-state index contributed by atoms with van der Waals surface area (Å²) in [6.07, 6.45) is 1.09. The standard InChI is InChI=1S/C22H24Br2N2O2/c23-19-5-1-17(2-6-19)21(27)9-11-25-13-15-26(16-14-25)12-10-22(28)18-3-7-20(24)8-4-18/h1-8H,9-16H2. The van der Waals surface area contributed by atoms with Gasteiger partial charge in [0.15, 0.2) is 11.6 Å². The molecule has 4 nitrogen and oxygen atoms in total. The zero-order valence-corrected chi connectivity index (χ0v) is 18.9. The van der Waals surface area contributed by atoms with Gasteiger partial charge in [-0.05, 0) is 24.3 Å². The molecule has 1 saturated heterocycles. The Morgan fingerprint density at radius 1 is 0.643 bits per heavy atom. The van der Waals surface area contributed by atoms with Crippen molar-refractivity contribution in [1.29, 1.82) is 0 Å². The fraction of sp³-hybridized carbons (Fsp3) is 0.364. The molecule has 0 unspecified atom stereocenters. The molecule has 0 aliphatic carbocycles. The van der Waals surface area contributed by atoms with Gasteiger partial charge in [-0.15, -0.1) is 0 Å². The molecule has 1 aliphatic rings. The van der Waals surface area contributed by atoms with Gasteiger partial charge >= 0.3 is 0 Å². The van der Waals surface area contributed by atoms with Crippen LogP contribution in [0.4, 0.5) is 0 Å². The highest BCUT2D eigenvalue weighted by Crippen LogP contribution is 2.14. The van der Waals surface area contributed by atoms with Crippen molar-refractivity contribution in [2.24, 2.45) is 0 Å². The summed E-state index contributed by atoms with van der Waals surface area (Å²) in [7, 11) is 0. The second-order valence-corrected chi connectivity index (χ2v) is 8.87. The van der Waals surface area contributed by atoms with Crippen molar-refractivity contribution in [3.05, 3.63) is 68.6 Å². The van der Waals surface area contributed by atoms with Crippen molar-refractivity contribution in [1.82, 2.24) is 9.80 Å². The molecule has 0 radical (unpaired) electrons. The Morgan fingerprint density at radius 2 is 0.964 bits per heavy atom. The van der Waals surface area contributed by atoms with Crippen LogP contribution in [0.25, 0.3) is 0 Å². The smallest absolute Gasteiger partial charge is 0.164 e. The topological polar surface area (TPSA) is 40.6 Å². The van der Waals surface area contributed by atoms with Crippen LogP contribution in [-0.2, 0) is 0 Å². The highest BCUT2D eigenvalue weighted by atomic mass is 79.9. The molecule has 1 aliphatic heterocycles. The number of nitrogens with zero attached hydrogens (tertiary/aromatic N) is 2. The van der Waals surface area contributed by atoms with E-state index in [-0.39, 0.29) is 11.6 Å². The van der Waals surface area contributed by atoms with Crippen LogP contribution in [-0.4, -0.2) is 60.6 Å². The molecule has 0 saturated carbocycles. The molecule has 0 N–H and O–H groups in total. The lowest BCUT2D eigenvalue weighted by Crippen LogP contribution is -2.47. The van der Waals surface area contributed by atoms with Crippen molar-refractivity contribution < 1.29 is 9.59 Å². The van der Waals surface area contributed by atoms with Gasteiger partial charge in [-0.1, -0.05) is 56.1 Å². The molecular formula is C22H24Br2N2O2. The number of piperazine rings is 1. The number of rotatable bonds is 8. The third-order valence-electron chi connectivity index (χ3n) is 5.11. The van der Waals surface area contributed by atoms with E-state index >= 15 is 0 Å². The van der Waals surface area contributed by atoms with Crippen LogP contribution in [0.3, 0.4) is 0 Å². The van der Waals surface area contributed by atoms with E-state index in [1.54, 1.807) is 0 Å². The molecular weight excluding hydrogens is 484 g/mol. The van der Waals surface area contributed by atoms with E-state index in [4.69, 9.17) is 0 Å². The van der Waals surface area contributed by atoms with Crippen LogP contribution in [0.2, 0.25) is 0 Å². The molecule has 0 bridgehead atoms. The first-order valence-corrected chi connectivity index (χ1v) is 11.1. The average Bonchev–Trinajstić information content (AvgIpc) is 2.72. The predicted octanol–water partition coefficient (Wildman–Crippen LogP) is 4.68. The molecule has 0 amide bonds. The van der Waals surface area contributed by atoms with E-state index < -0.39 is 0 Å². The fourth-order valence-electron chi connectivity index (χ4n) is 3.32. The van der Waals surface area contributed by atoms with Gasteiger partial charge in [-0.25, -0.2) is 0 Å². The number of carbonyl (C=O) groups is 2. The van der Waals surface area contributed by atoms with Gasteiger partial charge in [-0.3, -0.25) is 9.59 Å².